The molecule has 0 atom stereocenters. The first-order valence-corrected chi connectivity index (χ1v) is 8.24. The van der Waals surface area contributed by atoms with E-state index in [2.05, 4.69) is 16.1 Å². The lowest BCUT2D eigenvalue weighted by atomic mass is 10.1. The summed E-state index contributed by atoms with van der Waals surface area (Å²) in [5.41, 5.74) is 1.78. The molecule has 0 unspecified atom stereocenters. The first-order valence-electron chi connectivity index (χ1n) is 7.09. The molecule has 0 saturated heterocycles. The highest BCUT2D eigenvalue weighted by molar-refractivity contribution is 7.99. The quantitative estimate of drug-likeness (QED) is 0.827. The van der Waals surface area contributed by atoms with E-state index in [1.54, 1.807) is 12.1 Å². The Hall–Kier alpha value is -2.66. The van der Waals surface area contributed by atoms with Crippen molar-refractivity contribution in [1.82, 2.24) is 0 Å². The second-order valence-corrected chi connectivity index (χ2v) is 5.87. The zero-order valence-corrected chi connectivity index (χ0v) is 13.7. The average molecular weight is 366 g/mol. The summed E-state index contributed by atoms with van der Waals surface area (Å²) in [5.74, 6) is 0.0210. The number of thioether (sulfide) groups is 1. The molecular weight excluding hydrogens is 353 g/mol. The van der Waals surface area contributed by atoms with Gasteiger partial charge in [-0.3, -0.25) is 4.79 Å². The van der Waals surface area contributed by atoms with Gasteiger partial charge in [0, 0.05) is 11.4 Å². The molecule has 0 heterocycles. The largest absolute Gasteiger partial charge is 0.573 e. The van der Waals surface area contributed by atoms with Crippen molar-refractivity contribution in [1.29, 1.82) is 5.26 Å². The Kier molecular flexibility index (Phi) is 6.31. The molecule has 0 aliphatic heterocycles. The number of nitrogens with zero attached hydrogens (tertiary/aromatic N) is 1. The van der Waals surface area contributed by atoms with Crippen molar-refractivity contribution >= 4 is 23.4 Å². The molecule has 0 aromatic heterocycles. The summed E-state index contributed by atoms with van der Waals surface area (Å²) in [7, 11) is 0. The summed E-state index contributed by atoms with van der Waals surface area (Å²) in [4.78, 5) is 11.9. The zero-order valence-electron chi connectivity index (χ0n) is 12.8. The first-order chi connectivity index (χ1) is 11.9. The number of amides is 1. The SMILES string of the molecule is N#Cc1ccccc1CSCC(=O)Nc1ccc(OC(F)(F)F)cc1. The van der Waals surface area contributed by atoms with Crippen LogP contribution >= 0.6 is 11.8 Å². The summed E-state index contributed by atoms with van der Waals surface area (Å²) < 4.78 is 40.0. The van der Waals surface area contributed by atoms with Crippen LogP contribution in [0, 0.1) is 11.3 Å². The number of hydrogen-bond donors (Lipinski definition) is 1. The lowest BCUT2D eigenvalue weighted by molar-refractivity contribution is -0.274. The van der Waals surface area contributed by atoms with Crippen LogP contribution in [-0.2, 0) is 10.5 Å². The molecule has 2 aromatic rings. The number of benzene rings is 2. The maximum Gasteiger partial charge on any atom is 0.573 e. The Morgan fingerprint density at radius 3 is 2.48 bits per heavy atom. The molecule has 0 spiro atoms. The van der Waals surface area contributed by atoms with E-state index < -0.39 is 6.36 Å². The van der Waals surface area contributed by atoms with Crippen molar-refractivity contribution in [2.24, 2.45) is 0 Å². The van der Waals surface area contributed by atoms with Gasteiger partial charge >= 0.3 is 6.36 Å². The zero-order chi connectivity index (χ0) is 18.3. The number of carbonyl (C=O) groups is 1. The van der Waals surface area contributed by atoms with Gasteiger partial charge in [-0.2, -0.15) is 5.26 Å². The van der Waals surface area contributed by atoms with Gasteiger partial charge in [-0.15, -0.1) is 24.9 Å². The molecule has 25 heavy (non-hydrogen) atoms. The maximum absolute atomic E-state index is 12.1. The van der Waals surface area contributed by atoms with Crippen LogP contribution in [0.25, 0.3) is 0 Å². The van der Waals surface area contributed by atoms with Gasteiger partial charge in [0.2, 0.25) is 5.91 Å². The van der Waals surface area contributed by atoms with Gasteiger partial charge in [0.1, 0.15) is 5.75 Å². The van der Waals surface area contributed by atoms with Crippen LogP contribution in [0.4, 0.5) is 18.9 Å². The van der Waals surface area contributed by atoms with Gasteiger partial charge in [0.15, 0.2) is 0 Å². The number of ether oxygens (including phenoxy) is 1. The molecule has 1 amide bonds. The van der Waals surface area contributed by atoms with Crippen molar-refractivity contribution < 1.29 is 22.7 Å². The second-order valence-electron chi connectivity index (χ2n) is 4.88. The number of alkyl halides is 3. The summed E-state index contributed by atoms with van der Waals surface area (Å²) in [6.07, 6.45) is -4.75. The van der Waals surface area contributed by atoms with Crippen LogP contribution in [0.2, 0.25) is 0 Å². The normalized spacial score (nSPS) is 10.8. The Morgan fingerprint density at radius 2 is 1.84 bits per heavy atom. The van der Waals surface area contributed by atoms with E-state index >= 15 is 0 Å². The number of hydrogen-bond acceptors (Lipinski definition) is 4. The van der Waals surface area contributed by atoms with E-state index in [4.69, 9.17) is 5.26 Å². The topological polar surface area (TPSA) is 62.1 Å². The Labute approximate surface area is 146 Å². The predicted octanol–water partition coefficient (Wildman–Crippen LogP) is 4.33. The van der Waals surface area contributed by atoms with Crippen LogP contribution in [-0.4, -0.2) is 18.0 Å². The first kappa shape index (κ1) is 18.7. The molecule has 8 heteroatoms. The molecule has 0 saturated carbocycles. The lowest BCUT2D eigenvalue weighted by Crippen LogP contribution is -2.17. The second kappa shape index (κ2) is 8.44. The summed E-state index contributed by atoms with van der Waals surface area (Å²) >= 11 is 1.34. The smallest absolute Gasteiger partial charge is 0.406 e. The third-order valence-electron chi connectivity index (χ3n) is 3.00. The van der Waals surface area contributed by atoms with E-state index in [0.29, 0.717) is 17.0 Å². The monoisotopic (exact) mass is 366 g/mol. The summed E-state index contributed by atoms with van der Waals surface area (Å²) in [5, 5.41) is 11.6. The van der Waals surface area contributed by atoms with Crippen molar-refractivity contribution in [2.45, 2.75) is 12.1 Å². The van der Waals surface area contributed by atoms with Crippen LogP contribution in [0.5, 0.6) is 5.75 Å². The number of anilines is 1. The fraction of sp³-hybridized carbons (Fsp3) is 0.176. The third kappa shape index (κ3) is 6.39. The minimum Gasteiger partial charge on any atom is -0.406 e. The average Bonchev–Trinajstić information content (AvgIpc) is 2.56. The van der Waals surface area contributed by atoms with Crippen LogP contribution in [0.3, 0.4) is 0 Å². The highest BCUT2D eigenvalue weighted by Crippen LogP contribution is 2.24. The third-order valence-corrected chi connectivity index (χ3v) is 3.98. The van der Waals surface area contributed by atoms with E-state index in [-0.39, 0.29) is 17.4 Å². The number of nitrogens with one attached hydrogen (secondary N) is 1. The van der Waals surface area contributed by atoms with Gasteiger partial charge in [0.25, 0.3) is 0 Å². The fourth-order valence-corrected chi connectivity index (χ4v) is 2.78. The Morgan fingerprint density at radius 1 is 1.16 bits per heavy atom. The summed E-state index contributed by atoms with van der Waals surface area (Å²) in [6.45, 7) is 0. The molecule has 0 bridgehead atoms. The number of rotatable bonds is 6. The van der Waals surface area contributed by atoms with Crippen molar-refractivity contribution in [3.05, 3.63) is 59.7 Å². The minimum absolute atomic E-state index is 0.153. The Bertz CT molecular complexity index is 771. The number of nitriles is 1. The summed E-state index contributed by atoms with van der Waals surface area (Å²) in [6, 6.07) is 14.1. The molecule has 1 N–H and O–H groups in total. The minimum atomic E-state index is -4.75. The van der Waals surface area contributed by atoms with E-state index in [9.17, 15) is 18.0 Å². The molecular formula is C17H13F3N2O2S. The van der Waals surface area contributed by atoms with Crippen LogP contribution < -0.4 is 10.1 Å². The molecule has 2 aromatic carbocycles. The van der Waals surface area contributed by atoms with E-state index in [1.807, 2.05) is 12.1 Å². The van der Waals surface area contributed by atoms with Gasteiger partial charge in [-0.05, 0) is 35.9 Å². The van der Waals surface area contributed by atoms with Crippen molar-refractivity contribution in [2.75, 3.05) is 11.1 Å². The van der Waals surface area contributed by atoms with Gasteiger partial charge in [-0.1, -0.05) is 18.2 Å². The standard InChI is InChI=1S/C17H13F3N2O2S/c18-17(19,20)24-15-7-5-14(6-8-15)22-16(23)11-25-10-13-4-2-1-3-12(13)9-21/h1-8H,10-11H2,(H,22,23). The van der Waals surface area contributed by atoms with E-state index in [1.165, 1.54) is 23.9 Å². The van der Waals surface area contributed by atoms with Crippen LogP contribution in [0.1, 0.15) is 11.1 Å². The molecule has 0 radical (unpaired) electrons. The number of carbonyl (C=O) groups excluding carboxylic acids is 1. The molecule has 0 aliphatic rings. The van der Waals surface area contributed by atoms with Crippen LogP contribution in [0.15, 0.2) is 48.5 Å². The van der Waals surface area contributed by atoms with Crippen molar-refractivity contribution in [3.63, 3.8) is 0 Å². The van der Waals surface area contributed by atoms with E-state index in [0.717, 1.165) is 17.7 Å². The lowest BCUT2D eigenvalue weighted by Gasteiger charge is -2.10. The maximum atomic E-state index is 12.1. The molecule has 2 rings (SSSR count). The molecule has 0 fully saturated rings. The predicted molar refractivity (Wildman–Crippen MR) is 89.1 cm³/mol. The van der Waals surface area contributed by atoms with Gasteiger partial charge in [-0.25, -0.2) is 0 Å². The number of halogens is 3. The highest BCUT2D eigenvalue weighted by atomic mass is 32.2. The molecule has 0 aliphatic carbocycles. The Balaban J connectivity index is 1.81. The highest BCUT2D eigenvalue weighted by Gasteiger charge is 2.30. The van der Waals surface area contributed by atoms with Gasteiger partial charge < -0.3 is 10.1 Å². The van der Waals surface area contributed by atoms with Crippen molar-refractivity contribution in [3.8, 4) is 11.8 Å². The molecule has 4 nitrogen and oxygen atoms in total. The van der Waals surface area contributed by atoms with Gasteiger partial charge in [0.05, 0.1) is 17.4 Å². The molecule has 130 valence electrons. The fourth-order valence-electron chi connectivity index (χ4n) is 1.95.